The van der Waals surface area contributed by atoms with E-state index in [0.717, 1.165) is 0 Å². The van der Waals surface area contributed by atoms with Crippen LogP contribution >= 0.6 is 11.3 Å². The SMILES string of the molecule is Nc1ccc(C(=O)C[n+]2ccsc2)cc1.[Br-]. The summed E-state index contributed by atoms with van der Waals surface area (Å²) in [5.74, 6) is 0.0957. The fourth-order valence-corrected chi connectivity index (χ4v) is 1.88. The number of Topliss-reactive ketones (excluding diaryl/α,β-unsaturated/α-hetero) is 1. The average molecular weight is 299 g/mol. The predicted octanol–water partition coefficient (Wildman–Crippen LogP) is -1.50. The second-order valence-corrected chi connectivity index (χ2v) is 4.00. The van der Waals surface area contributed by atoms with Gasteiger partial charge in [-0.2, -0.15) is 4.57 Å². The first-order valence-electron chi connectivity index (χ1n) is 4.56. The quantitative estimate of drug-likeness (QED) is 0.426. The van der Waals surface area contributed by atoms with Crippen LogP contribution in [0.2, 0.25) is 0 Å². The first-order valence-corrected chi connectivity index (χ1v) is 5.50. The molecule has 2 N–H and O–H groups in total. The topological polar surface area (TPSA) is 47.0 Å². The zero-order valence-corrected chi connectivity index (χ0v) is 10.9. The number of ketones is 1. The van der Waals surface area contributed by atoms with Crippen LogP contribution in [0.1, 0.15) is 10.4 Å². The largest absolute Gasteiger partial charge is 1.00 e. The molecule has 0 bridgehead atoms. The summed E-state index contributed by atoms with van der Waals surface area (Å²) in [6.45, 7) is 0.382. The summed E-state index contributed by atoms with van der Waals surface area (Å²) in [6.07, 6.45) is 1.89. The number of aromatic nitrogens is 1. The number of carbonyl (C=O) groups is 1. The van der Waals surface area contributed by atoms with Crippen molar-refractivity contribution in [3.05, 3.63) is 46.9 Å². The predicted molar refractivity (Wildman–Crippen MR) is 59.7 cm³/mol. The van der Waals surface area contributed by atoms with Crippen LogP contribution in [0, 0.1) is 0 Å². The average Bonchev–Trinajstić information content (AvgIpc) is 2.71. The van der Waals surface area contributed by atoms with Crippen molar-refractivity contribution in [3.63, 3.8) is 0 Å². The van der Waals surface area contributed by atoms with Gasteiger partial charge in [-0.05, 0) is 24.3 Å². The van der Waals surface area contributed by atoms with E-state index < -0.39 is 0 Å². The number of nitrogens with zero attached hydrogens (tertiary/aromatic N) is 1. The molecule has 0 aliphatic heterocycles. The van der Waals surface area contributed by atoms with Gasteiger partial charge in [0.1, 0.15) is 0 Å². The highest BCUT2D eigenvalue weighted by Gasteiger charge is 2.11. The van der Waals surface area contributed by atoms with E-state index >= 15 is 0 Å². The Labute approximate surface area is 108 Å². The van der Waals surface area contributed by atoms with Gasteiger partial charge in [0, 0.05) is 11.3 Å². The fourth-order valence-electron chi connectivity index (χ4n) is 1.28. The third-order valence-corrected chi connectivity index (χ3v) is 2.76. The van der Waals surface area contributed by atoms with Crippen molar-refractivity contribution >= 4 is 22.8 Å². The van der Waals surface area contributed by atoms with Gasteiger partial charge in [0.2, 0.25) is 17.8 Å². The van der Waals surface area contributed by atoms with Crippen LogP contribution in [0.15, 0.2) is 41.4 Å². The Morgan fingerprint density at radius 1 is 1.31 bits per heavy atom. The minimum atomic E-state index is 0. The molecule has 1 aromatic carbocycles. The van der Waals surface area contributed by atoms with Crippen LogP contribution in [0.25, 0.3) is 0 Å². The molecule has 0 atom stereocenters. The molecule has 0 aliphatic rings. The molecule has 2 rings (SSSR count). The molecule has 0 spiro atoms. The Morgan fingerprint density at radius 3 is 2.56 bits per heavy atom. The van der Waals surface area contributed by atoms with E-state index in [4.69, 9.17) is 5.73 Å². The van der Waals surface area contributed by atoms with Crippen molar-refractivity contribution in [3.8, 4) is 0 Å². The molecule has 0 saturated carbocycles. The molecule has 0 aliphatic carbocycles. The molecule has 3 nitrogen and oxygen atoms in total. The number of carbonyl (C=O) groups excluding carboxylic acids is 1. The van der Waals surface area contributed by atoms with Crippen LogP contribution in [0.3, 0.4) is 0 Å². The molecule has 0 unspecified atom stereocenters. The lowest BCUT2D eigenvalue weighted by atomic mass is 10.1. The van der Waals surface area contributed by atoms with Crippen molar-refractivity contribution in [1.82, 2.24) is 0 Å². The summed E-state index contributed by atoms with van der Waals surface area (Å²) in [5.41, 5.74) is 8.83. The Kier molecular flexibility index (Phi) is 4.64. The maximum absolute atomic E-state index is 11.8. The number of benzene rings is 1. The molecule has 0 fully saturated rings. The Balaban J connectivity index is 0.00000128. The van der Waals surface area contributed by atoms with E-state index in [2.05, 4.69) is 0 Å². The van der Waals surface area contributed by atoms with Crippen LogP contribution < -0.4 is 27.3 Å². The van der Waals surface area contributed by atoms with Crippen molar-refractivity contribution in [2.24, 2.45) is 0 Å². The number of nitrogen functional groups attached to an aromatic ring is 1. The highest BCUT2D eigenvalue weighted by Crippen LogP contribution is 2.06. The maximum Gasteiger partial charge on any atom is 0.227 e. The number of rotatable bonds is 3. The maximum atomic E-state index is 11.8. The second kappa shape index (κ2) is 5.77. The van der Waals surface area contributed by atoms with Crippen LogP contribution in [-0.4, -0.2) is 5.78 Å². The van der Waals surface area contributed by atoms with Gasteiger partial charge in [-0.3, -0.25) is 4.79 Å². The summed E-state index contributed by atoms with van der Waals surface area (Å²) in [4.78, 5) is 11.8. The van der Waals surface area contributed by atoms with Gasteiger partial charge in [-0.25, -0.2) is 0 Å². The third kappa shape index (κ3) is 3.15. The molecule has 16 heavy (non-hydrogen) atoms. The summed E-state index contributed by atoms with van der Waals surface area (Å²) in [5, 5.41) is 1.94. The highest BCUT2D eigenvalue weighted by atomic mass is 79.9. The van der Waals surface area contributed by atoms with Gasteiger partial charge in [-0.15, -0.1) is 0 Å². The van der Waals surface area contributed by atoms with Crippen LogP contribution in [0.5, 0.6) is 0 Å². The molecule has 2 aromatic rings. The normalized spacial score (nSPS) is 9.50. The van der Waals surface area contributed by atoms with Crippen molar-refractivity contribution in [2.45, 2.75) is 6.54 Å². The number of thiazole rings is 1. The zero-order valence-electron chi connectivity index (χ0n) is 8.47. The van der Waals surface area contributed by atoms with Gasteiger partial charge in [0.05, 0.1) is 5.38 Å². The summed E-state index contributed by atoms with van der Waals surface area (Å²) in [6, 6.07) is 6.99. The zero-order chi connectivity index (χ0) is 10.7. The Hall–Kier alpha value is -1.20. The lowest BCUT2D eigenvalue weighted by Gasteiger charge is -1.97. The number of nitrogens with two attached hydrogens (primary N) is 1. The standard InChI is InChI=1S/C11H10N2OS.BrH/c12-10-3-1-9(2-4-10)11(14)7-13-5-6-15-8-13;/h1-6,8H,7H2,(H-,12,14);1H. The minimum Gasteiger partial charge on any atom is -1.00 e. The van der Waals surface area contributed by atoms with E-state index in [-0.39, 0.29) is 22.8 Å². The summed E-state index contributed by atoms with van der Waals surface area (Å²) in [7, 11) is 0. The Bertz CT molecular complexity index is 453. The number of hydrogen-bond donors (Lipinski definition) is 1. The second-order valence-electron chi connectivity index (χ2n) is 3.24. The van der Waals surface area contributed by atoms with E-state index in [0.29, 0.717) is 17.8 Å². The minimum absolute atomic E-state index is 0. The molecular weight excluding hydrogens is 288 g/mol. The van der Waals surface area contributed by atoms with E-state index in [1.54, 1.807) is 35.6 Å². The van der Waals surface area contributed by atoms with Gasteiger partial charge < -0.3 is 22.7 Å². The van der Waals surface area contributed by atoms with Gasteiger partial charge in [0.15, 0.2) is 6.20 Å². The molecule has 84 valence electrons. The first-order chi connectivity index (χ1) is 7.25. The number of anilines is 1. The molecular formula is C11H11BrN2OS. The number of hydrogen-bond acceptors (Lipinski definition) is 3. The molecule has 5 heteroatoms. The fraction of sp³-hybridized carbons (Fsp3) is 0.0909. The van der Waals surface area contributed by atoms with Crippen LogP contribution in [-0.2, 0) is 6.54 Å². The van der Waals surface area contributed by atoms with E-state index in [1.807, 2.05) is 21.7 Å². The van der Waals surface area contributed by atoms with Crippen molar-refractivity contribution < 1.29 is 26.3 Å². The van der Waals surface area contributed by atoms with Gasteiger partial charge >= 0.3 is 0 Å². The summed E-state index contributed by atoms with van der Waals surface area (Å²) >= 11 is 1.57. The van der Waals surface area contributed by atoms with Gasteiger partial charge in [0.25, 0.3) is 0 Å². The molecule has 0 radical (unpaired) electrons. The number of halogens is 1. The van der Waals surface area contributed by atoms with Crippen molar-refractivity contribution in [1.29, 1.82) is 0 Å². The third-order valence-electron chi connectivity index (χ3n) is 2.09. The molecule has 1 aromatic heterocycles. The molecule has 1 heterocycles. The van der Waals surface area contributed by atoms with E-state index in [1.165, 1.54) is 0 Å². The highest BCUT2D eigenvalue weighted by molar-refractivity contribution is 7.07. The van der Waals surface area contributed by atoms with E-state index in [9.17, 15) is 4.79 Å². The first kappa shape index (κ1) is 12.9. The van der Waals surface area contributed by atoms with Crippen molar-refractivity contribution in [2.75, 3.05) is 5.73 Å². The monoisotopic (exact) mass is 298 g/mol. The smallest absolute Gasteiger partial charge is 0.227 e. The van der Waals surface area contributed by atoms with Crippen LogP contribution in [0.4, 0.5) is 5.69 Å². The van der Waals surface area contributed by atoms with Gasteiger partial charge in [-0.1, -0.05) is 11.3 Å². The lowest BCUT2D eigenvalue weighted by Crippen LogP contribution is -3.00. The summed E-state index contributed by atoms with van der Waals surface area (Å²) < 4.78 is 1.86. The molecule has 0 saturated heterocycles. The Morgan fingerprint density at radius 2 is 2.00 bits per heavy atom. The lowest BCUT2D eigenvalue weighted by molar-refractivity contribution is -0.678. The molecule has 0 amide bonds.